The summed E-state index contributed by atoms with van der Waals surface area (Å²) in [6, 6.07) is 6.43. The van der Waals surface area contributed by atoms with Crippen LogP contribution < -0.4 is 5.32 Å². The summed E-state index contributed by atoms with van der Waals surface area (Å²) in [7, 11) is 0. The Morgan fingerprint density at radius 1 is 1.38 bits per heavy atom. The van der Waals surface area contributed by atoms with Gasteiger partial charge in [0.05, 0.1) is 0 Å². The number of para-hydroxylation sites is 1. The fourth-order valence-corrected chi connectivity index (χ4v) is 2.58. The average Bonchev–Trinajstić information content (AvgIpc) is 2.81. The Labute approximate surface area is 126 Å². The maximum absolute atomic E-state index is 12.2. The number of fused-ring (bicyclic) bond motifs is 1. The van der Waals surface area contributed by atoms with E-state index in [-0.39, 0.29) is 5.76 Å². The van der Waals surface area contributed by atoms with Crippen molar-refractivity contribution in [3.05, 3.63) is 35.6 Å². The lowest BCUT2D eigenvalue weighted by atomic mass is 10.1. The molecule has 0 unspecified atom stereocenters. The lowest BCUT2D eigenvalue weighted by molar-refractivity contribution is -0.139. The van der Waals surface area contributed by atoms with E-state index >= 15 is 0 Å². The second-order valence-electron chi connectivity index (χ2n) is 4.70. The first kappa shape index (κ1) is 15.4. The van der Waals surface area contributed by atoms with Gasteiger partial charge in [0, 0.05) is 10.9 Å². The molecule has 1 heterocycles. The lowest BCUT2D eigenvalue weighted by Gasteiger charge is -2.13. The number of carboxylic acids is 1. The zero-order chi connectivity index (χ0) is 15.4. The summed E-state index contributed by atoms with van der Waals surface area (Å²) in [5.74, 6) is -0.689. The molecule has 2 N–H and O–H groups in total. The van der Waals surface area contributed by atoms with Crippen LogP contribution in [0.25, 0.3) is 11.0 Å². The minimum absolute atomic E-state index is 0.173. The number of amides is 1. The number of rotatable bonds is 6. The quantitative estimate of drug-likeness (QED) is 0.857. The van der Waals surface area contributed by atoms with E-state index in [1.807, 2.05) is 24.5 Å². The van der Waals surface area contributed by atoms with Crippen LogP contribution in [-0.4, -0.2) is 35.0 Å². The molecule has 0 spiro atoms. The third-order valence-corrected chi connectivity index (χ3v) is 3.91. The molecular formula is C15H17NO4S. The summed E-state index contributed by atoms with van der Waals surface area (Å²) in [4.78, 5) is 23.4. The first-order chi connectivity index (χ1) is 10.0. The molecule has 0 saturated carbocycles. The maximum Gasteiger partial charge on any atom is 0.326 e. The minimum atomic E-state index is -1.04. The zero-order valence-corrected chi connectivity index (χ0v) is 12.7. The van der Waals surface area contributed by atoms with Crippen molar-refractivity contribution < 1.29 is 19.1 Å². The van der Waals surface area contributed by atoms with Crippen LogP contribution in [-0.2, 0) is 4.79 Å². The Bertz CT molecular complexity index is 665. The van der Waals surface area contributed by atoms with E-state index in [0.717, 1.165) is 10.9 Å². The third-order valence-electron chi connectivity index (χ3n) is 3.26. The molecule has 2 aromatic rings. The number of thioether (sulfide) groups is 1. The Morgan fingerprint density at radius 2 is 2.10 bits per heavy atom. The Morgan fingerprint density at radius 3 is 2.71 bits per heavy atom. The van der Waals surface area contributed by atoms with E-state index in [2.05, 4.69) is 5.32 Å². The highest BCUT2D eigenvalue weighted by molar-refractivity contribution is 7.98. The van der Waals surface area contributed by atoms with E-state index < -0.39 is 17.9 Å². The molecule has 1 amide bonds. The predicted molar refractivity (Wildman–Crippen MR) is 82.8 cm³/mol. The number of aliphatic carboxylic acids is 1. The van der Waals surface area contributed by atoms with Gasteiger partial charge < -0.3 is 14.8 Å². The first-order valence-electron chi connectivity index (χ1n) is 6.55. The highest BCUT2D eigenvalue weighted by Gasteiger charge is 2.24. The number of hydrogen-bond donors (Lipinski definition) is 2. The molecule has 5 nitrogen and oxygen atoms in total. The van der Waals surface area contributed by atoms with Crippen LogP contribution in [0.2, 0.25) is 0 Å². The van der Waals surface area contributed by atoms with E-state index in [0.29, 0.717) is 17.8 Å². The summed E-state index contributed by atoms with van der Waals surface area (Å²) in [6.45, 7) is 1.79. The standard InChI is InChI=1S/C15H17NO4S/c1-9-10-5-3-4-6-12(10)20-13(9)14(17)16-11(15(18)19)7-8-21-2/h3-6,11H,7-8H2,1-2H3,(H,16,17)(H,18,19)/t11-/m0/s1. The second kappa shape index (κ2) is 6.67. The number of hydrogen-bond acceptors (Lipinski definition) is 4. The molecule has 0 aliphatic heterocycles. The van der Waals surface area contributed by atoms with Gasteiger partial charge in [0.25, 0.3) is 5.91 Å². The van der Waals surface area contributed by atoms with Gasteiger partial charge in [-0.1, -0.05) is 18.2 Å². The highest BCUT2D eigenvalue weighted by Crippen LogP contribution is 2.24. The van der Waals surface area contributed by atoms with Gasteiger partial charge in [-0.15, -0.1) is 0 Å². The molecule has 1 aromatic heterocycles. The van der Waals surface area contributed by atoms with E-state index in [9.17, 15) is 9.59 Å². The second-order valence-corrected chi connectivity index (χ2v) is 5.68. The van der Waals surface area contributed by atoms with Crippen LogP contribution in [0.5, 0.6) is 0 Å². The topological polar surface area (TPSA) is 79.5 Å². The van der Waals surface area contributed by atoms with Crippen molar-refractivity contribution in [3.8, 4) is 0 Å². The monoisotopic (exact) mass is 307 g/mol. The van der Waals surface area contributed by atoms with Crippen molar-refractivity contribution >= 4 is 34.6 Å². The van der Waals surface area contributed by atoms with Crippen LogP contribution in [0, 0.1) is 6.92 Å². The van der Waals surface area contributed by atoms with Gasteiger partial charge in [-0.05, 0) is 31.4 Å². The smallest absolute Gasteiger partial charge is 0.326 e. The number of carbonyl (C=O) groups is 2. The van der Waals surface area contributed by atoms with Crippen LogP contribution in [0.4, 0.5) is 0 Å². The van der Waals surface area contributed by atoms with Crippen molar-refractivity contribution in [2.24, 2.45) is 0 Å². The molecule has 1 atom stereocenters. The summed E-state index contributed by atoms with van der Waals surface area (Å²) in [5, 5.41) is 12.5. The number of nitrogens with one attached hydrogen (secondary N) is 1. The van der Waals surface area contributed by atoms with Gasteiger partial charge in [-0.2, -0.15) is 11.8 Å². The van der Waals surface area contributed by atoms with Crippen molar-refractivity contribution in [3.63, 3.8) is 0 Å². The number of furan rings is 1. The van der Waals surface area contributed by atoms with Crippen LogP contribution in [0.1, 0.15) is 22.5 Å². The normalized spacial score (nSPS) is 12.3. The number of carboxylic acid groups (broad SMARTS) is 1. The van der Waals surface area contributed by atoms with Crippen LogP contribution in [0.15, 0.2) is 28.7 Å². The SMILES string of the molecule is CSCC[C@H](NC(=O)c1oc2ccccc2c1C)C(=O)O. The van der Waals surface area contributed by atoms with E-state index in [1.54, 1.807) is 13.0 Å². The average molecular weight is 307 g/mol. The summed E-state index contributed by atoms with van der Waals surface area (Å²) < 4.78 is 5.54. The predicted octanol–water partition coefficient (Wildman–Crippen LogP) is 2.68. The third kappa shape index (κ3) is 3.39. The summed E-state index contributed by atoms with van der Waals surface area (Å²) in [5.41, 5.74) is 1.34. The van der Waals surface area contributed by atoms with Crippen molar-refractivity contribution in [1.82, 2.24) is 5.32 Å². The molecule has 0 fully saturated rings. The molecule has 2 rings (SSSR count). The number of carbonyl (C=O) groups excluding carboxylic acids is 1. The van der Waals surface area contributed by atoms with Crippen molar-refractivity contribution in [2.45, 2.75) is 19.4 Å². The summed E-state index contributed by atoms with van der Waals surface area (Å²) >= 11 is 1.54. The summed E-state index contributed by atoms with van der Waals surface area (Å²) in [6.07, 6.45) is 2.27. The Balaban J connectivity index is 2.21. The number of aryl methyl sites for hydroxylation is 1. The molecule has 0 aliphatic carbocycles. The Hall–Kier alpha value is -1.95. The first-order valence-corrected chi connectivity index (χ1v) is 7.94. The van der Waals surface area contributed by atoms with Gasteiger partial charge in [0.1, 0.15) is 11.6 Å². The molecule has 0 radical (unpaired) electrons. The molecule has 0 saturated heterocycles. The Kier molecular flexibility index (Phi) is 4.90. The molecule has 0 bridgehead atoms. The lowest BCUT2D eigenvalue weighted by Crippen LogP contribution is -2.41. The minimum Gasteiger partial charge on any atom is -0.480 e. The molecule has 0 aliphatic rings. The molecule has 112 valence electrons. The van der Waals surface area contributed by atoms with E-state index in [4.69, 9.17) is 9.52 Å². The molecular weight excluding hydrogens is 290 g/mol. The number of benzene rings is 1. The largest absolute Gasteiger partial charge is 0.480 e. The van der Waals surface area contributed by atoms with Crippen LogP contribution in [0.3, 0.4) is 0 Å². The molecule has 21 heavy (non-hydrogen) atoms. The van der Waals surface area contributed by atoms with Crippen LogP contribution >= 0.6 is 11.8 Å². The van der Waals surface area contributed by atoms with Crippen molar-refractivity contribution in [1.29, 1.82) is 0 Å². The van der Waals surface area contributed by atoms with E-state index in [1.165, 1.54) is 11.8 Å². The highest BCUT2D eigenvalue weighted by atomic mass is 32.2. The van der Waals surface area contributed by atoms with Gasteiger partial charge >= 0.3 is 5.97 Å². The molecule has 6 heteroatoms. The van der Waals surface area contributed by atoms with Crippen molar-refractivity contribution in [2.75, 3.05) is 12.0 Å². The molecule has 1 aromatic carbocycles. The maximum atomic E-state index is 12.2. The van der Waals surface area contributed by atoms with Gasteiger partial charge in [-0.3, -0.25) is 4.79 Å². The van der Waals surface area contributed by atoms with Gasteiger partial charge in [0.2, 0.25) is 0 Å². The van der Waals surface area contributed by atoms with Gasteiger partial charge in [0.15, 0.2) is 5.76 Å². The van der Waals surface area contributed by atoms with Gasteiger partial charge in [-0.25, -0.2) is 4.79 Å². The zero-order valence-electron chi connectivity index (χ0n) is 11.9. The fourth-order valence-electron chi connectivity index (χ4n) is 2.11. The fraction of sp³-hybridized carbons (Fsp3) is 0.333.